The van der Waals surface area contributed by atoms with E-state index in [4.69, 9.17) is 16.3 Å². The average Bonchev–Trinajstić information content (AvgIpc) is 2.69. The molecule has 0 radical (unpaired) electrons. The predicted octanol–water partition coefficient (Wildman–Crippen LogP) is 3.84. The number of benzene rings is 1. The third-order valence-corrected chi connectivity index (χ3v) is 4.44. The Morgan fingerprint density at radius 2 is 2.19 bits per heavy atom. The van der Waals surface area contributed by atoms with Crippen LogP contribution in [0.3, 0.4) is 0 Å². The second-order valence-electron chi connectivity index (χ2n) is 5.83. The van der Waals surface area contributed by atoms with Gasteiger partial charge in [-0.2, -0.15) is 0 Å². The monoisotopic (exact) mass is 310 g/mol. The molecule has 0 saturated carbocycles. The van der Waals surface area contributed by atoms with E-state index in [2.05, 4.69) is 29.3 Å². The third kappa shape index (κ3) is 4.87. The maximum absolute atomic E-state index is 6.19. The van der Waals surface area contributed by atoms with Crippen LogP contribution in [0.5, 0.6) is 0 Å². The summed E-state index contributed by atoms with van der Waals surface area (Å²) in [4.78, 5) is 2.55. The summed E-state index contributed by atoms with van der Waals surface area (Å²) in [5, 5.41) is 4.24. The highest BCUT2D eigenvalue weighted by Crippen LogP contribution is 2.29. The SMILES string of the molecule is COCCNCc1cc(Cl)ccc1N1CCCCCC1C. The van der Waals surface area contributed by atoms with Crippen LogP contribution in [0.2, 0.25) is 5.02 Å². The molecule has 1 aromatic rings. The fourth-order valence-electron chi connectivity index (χ4n) is 3.01. The maximum Gasteiger partial charge on any atom is 0.0587 e. The van der Waals surface area contributed by atoms with Gasteiger partial charge >= 0.3 is 0 Å². The van der Waals surface area contributed by atoms with E-state index in [1.165, 1.54) is 36.9 Å². The molecule has 1 fully saturated rings. The Morgan fingerprint density at radius 1 is 1.33 bits per heavy atom. The first-order chi connectivity index (χ1) is 10.2. The van der Waals surface area contributed by atoms with E-state index in [0.717, 1.165) is 31.3 Å². The number of anilines is 1. The fraction of sp³-hybridized carbons (Fsp3) is 0.647. The second kappa shape index (κ2) is 8.62. The summed E-state index contributed by atoms with van der Waals surface area (Å²) in [5.41, 5.74) is 2.62. The van der Waals surface area contributed by atoms with Gasteiger partial charge in [0.05, 0.1) is 6.61 Å². The van der Waals surface area contributed by atoms with Crippen molar-refractivity contribution in [1.82, 2.24) is 5.32 Å². The van der Waals surface area contributed by atoms with E-state index in [9.17, 15) is 0 Å². The Hall–Kier alpha value is -0.770. The van der Waals surface area contributed by atoms with E-state index in [-0.39, 0.29) is 0 Å². The molecule has 21 heavy (non-hydrogen) atoms. The molecule has 1 atom stereocenters. The summed E-state index contributed by atoms with van der Waals surface area (Å²) in [6.07, 6.45) is 5.24. The van der Waals surface area contributed by atoms with Gasteiger partial charge in [-0.15, -0.1) is 0 Å². The highest BCUT2D eigenvalue weighted by atomic mass is 35.5. The van der Waals surface area contributed by atoms with Crippen LogP contribution in [0.1, 0.15) is 38.2 Å². The summed E-state index contributed by atoms with van der Waals surface area (Å²) in [5.74, 6) is 0. The highest BCUT2D eigenvalue weighted by Gasteiger charge is 2.19. The lowest BCUT2D eigenvalue weighted by molar-refractivity contribution is 0.199. The first kappa shape index (κ1) is 16.6. The van der Waals surface area contributed by atoms with Gasteiger partial charge < -0.3 is 15.0 Å². The smallest absolute Gasteiger partial charge is 0.0587 e. The normalized spacial score (nSPS) is 19.6. The fourth-order valence-corrected chi connectivity index (χ4v) is 3.20. The number of rotatable bonds is 6. The van der Waals surface area contributed by atoms with Gasteiger partial charge in [-0.3, -0.25) is 0 Å². The number of nitrogens with one attached hydrogen (secondary N) is 1. The number of halogens is 1. The standard InChI is InChI=1S/C17H27ClN2O/c1-14-6-4-3-5-10-20(14)17-8-7-16(18)12-15(17)13-19-9-11-21-2/h7-8,12,14,19H,3-6,9-11,13H2,1-2H3. The minimum Gasteiger partial charge on any atom is -0.383 e. The van der Waals surface area contributed by atoms with Crippen molar-refractivity contribution in [2.75, 3.05) is 31.7 Å². The predicted molar refractivity (Wildman–Crippen MR) is 90.3 cm³/mol. The van der Waals surface area contributed by atoms with Crippen LogP contribution in [0.4, 0.5) is 5.69 Å². The quantitative estimate of drug-likeness (QED) is 0.808. The molecule has 1 saturated heterocycles. The van der Waals surface area contributed by atoms with Crippen molar-refractivity contribution in [2.45, 2.75) is 45.2 Å². The van der Waals surface area contributed by atoms with Crippen molar-refractivity contribution in [3.05, 3.63) is 28.8 Å². The molecule has 1 N–H and O–H groups in total. The van der Waals surface area contributed by atoms with Crippen molar-refractivity contribution in [2.24, 2.45) is 0 Å². The lowest BCUT2D eigenvalue weighted by Crippen LogP contribution is -2.33. The molecule has 1 heterocycles. The van der Waals surface area contributed by atoms with Crippen LogP contribution >= 0.6 is 11.6 Å². The Bertz CT molecular complexity index is 439. The number of hydrogen-bond acceptors (Lipinski definition) is 3. The molecule has 0 aliphatic carbocycles. The van der Waals surface area contributed by atoms with E-state index in [1.54, 1.807) is 7.11 Å². The van der Waals surface area contributed by atoms with Crippen molar-refractivity contribution in [3.63, 3.8) is 0 Å². The van der Waals surface area contributed by atoms with Gasteiger partial charge in [-0.05, 0) is 43.5 Å². The molecule has 0 bridgehead atoms. The van der Waals surface area contributed by atoms with Crippen molar-refractivity contribution in [1.29, 1.82) is 0 Å². The zero-order valence-corrected chi connectivity index (χ0v) is 14.0. The first-order valence-electron chi connectivity index (χ1n) is 7.97. The molecule has 1 aliphatic rings. The summed E-state index contributed by atoms with van der Waals surface area (Å²) in [6.45, 7) is 5.91. The van der Waals surface area contributed by atoms with E-state index >= 15 is 0 Å². The Labute approximate surface area is 133 Å². The Kier molecular flexibility index (Phi) is 6.81. The molecule has 4 heteroatoms. The Morgan fingerprint density at radius 3 is 3.00 bits per heavy atom. The molecular formula is C17H27ClN2O. The van der Waals surface area contributed by atoms with Crippen molar-refractivity contribution >= 4 is 17.3 Å². The minimum atomic E-state index is 0.603. The lowest BCUT2D eigenvalue weighted by Gasteiger charge is -2.31. The molecular weight excluding hydrogens is 284 g/mol. The largest absolute Gasteiger partial charge is 0.383 e. The molecule has 118 valence electrons. The van der Waals surface area contributed by atoms with Gasteiger partial charge in [-0.1, -0.05) is 24.4 Å². The van der Waals surface area contributed by atoms with E-state index in [1.807, 2.05) is 6.07 Å². The summed E-state index contributed by atoms with van der Waals surface area (Å²) < 4.78 is 5.08. The van der Waals surface area contributed by atoms with Gasteiger partial charge in [0.25, 0.3) is 0 Å². The van der Waals surface area contributed by atoms with E-state index < -0.39 is 0 Å². The van der Waals surface area contributed by atoms with Crippen LogP contribution in [-0.4, -0.2) is 32.8 Å². The van der Waals surface area contributed by atoms with Gasteiger partial charge in [0.1, 0.15) is 0 Å². The maximum atomic E-state index is 6.19. The molecule has 0 amide bonds. The summed E-state index contributed by atoms with van der Waals surface area (Å²) in [6, 6.07) is 6.88. The molecule has 0 spiro atoms. The second-order valence-corrected chi connectivity index (χ2v) is 6.27. The molecule has 1 unspecified atom stereocenters. The number of nitrogens with zero attached hydrogens (tertiary/aromatic N) is 1. The number of hydrogen-bond donors (Lipinski definition) is 1. The van der Waals surface area contributed by atoms with Gasteiger partial charge in [0, 0.05) is 43.5 Å². The van der Waals surface area contributed by atoms with Crippen LogP contribution < -0.4 is 10.2 Å². The summed E-state index contributed by atoms with van der Waals surface area (Å²) >= 11 is 6.19. The zero-order chi connectivity index (χ0) is 15.1. The van der Waals surface area contributed by atoms with Crippen LogP contribution in [-0.2, 0) is 11.3 Å². The van der Waals surface area contributed by atoms with Crippen LogP contribution in [0.25, 0.3) is 0 Å². The van der Waals surface area contributed by atoms with Crippen molar-refractivity contribution < 1.29 is 4.74 Å². The Balaban J connectivity index is 2.12. The number of ether oxygens (including phenoxy) is 1. The molecule has 2 rings (SSSR count). The minimum absolute atomic E-state index is 0.603. The topological polar surface area (TPSA) is 24.5 Å². The van der Waals surface area contributed by atoms with Gasteiger partial charge in [0.2, 0.25) is 0 Å². The van der Waals surface area contributed by atoms with E-state index in [0.29, 0.717) is 6.04 Å². The van der Waals surface area contributed by atoms with Crippen LogP contribution in [0.15, 0.2) is 18.2 Å². The highest BCUT2D eigenvalue weighted by molar-refractivity contribution is 6.30. The zero-order valence-electron chi connectivity index (χ0n) is 13.2. The molecule has 1 aliphatic heterocycles. The average molecular weight is 311 g/mol. The molecule has 3 nitrogen and oxygen atoms in total. The molecule has 0 aromatic heterocycles. The number of methoxy groups -OCH3 is 1. The molecule has 1 aromatic carbocycles. The van der Waals surface area contributed by atoms with Crippen LogP contribution in [0, 0.1) is 0 Å². The van der Waals surface area contributed by atoms with Gasteiger partial charge in [-0.25, -0.2) is 0 Å². The lowest BCUT2D eigenvalue weighted by atomic mass is 10.1. The summed E-state index contributed by atoms with van der Waals surface area (Å²) in [7, 11) is 1.73. The third-order valence-electron chi connectivity index (χ3n) is 4.20. The van der Waals surface area contributed by atoms with Crippen molar-refractivity contribution in [3.8, 4) is 0 Å². The van der Waals surface area contributed by atoms with Gasteiger partial charge in [0.15, 0.2) is 0 Å². The first-order valence-corrected chi connectivity index (χ1v) is 8.35.